The quantitative estimate of drug-likeness (QED) is 0.768. The molecule has 1 aromatic heterocycles. The molecule has 0 spiro atoms. The number of pyridine rings is 1. The van der Waals surface area contributed by atoms with Crippen molar-refractivity contribution in [3.8, 4) is 0 Å². The number of hydrogen-bond acceptors (Lipinski definition) is 2. The second-order valence-corrected chi connectivity index (χ2v) is 7.21. The molecule has 0 saturated heterocycles. The highest BCUT2D eigenvalue weighted by Crippen LogP contribution is 2.43. The Labute approximate surface area is 117 Å². The lowest BCUT2D eigenvalue weighted by Crippen LogP contribution is -2.26. The van der Waals surface area contributed by atoms with Crippen LogP contribution in [0.2, 0.25) is 0 Å². The molecule has 0 aliphatic heterocycles. The molecule has 2 atom stereocenters. The zero-order valence-electron chi connectivity index (χ0n) is 12.7. The third-order valence-corrected chi connectivity index (χ3v) is 4.72. The molecule has 2 nitrogen and oxygen atoms in total. The average Bonchev–Trinajstić information content (AvgIpc) is 2.52. The van der Waals surface area contributed by atoms with Crippen LogP contribution in [0.25, 0.3) is 0 Å². The summed E-state index contributed by atoms with van der Waals surface area (Å²) in [5, 5.41) is 11.0. The van der Waals surface area contributed by atoms with Gasteiger partial charge in [-0.2, -0.15) is 0 Å². The molecule has 0 aromatic carbocycles. The number of aliphatic hydroxyl groups is 1. The second-order valence-electron chi connectivity index (χ2n) is 7.21. The van der Waals surface area contributed by atoms with Crippen molar-refractivity contribution in [2.75, 3.05) is 0 Å². The van der Waals surface area contributed by atoms with Crippen LogP contribution in [0.1, 0.15) is 64.1 Å². The van der Waals surface area contributed by atoms with Crippen LogP contribution in [-0.2, 0) is 5.60 Å². The van der Waals surface area contributed by atoms with Gasteiger partial charge in [0.25, 0.3) is 0 Å². The SMILES string of the molecule is Cc1ccc(C2(O)CCCC(C(C)(C)C)CC2)cn1. The van der Waals surface area contributed by atoms with Gasteiger partial charge in [0.2, 0.25) is 0 Å². The van der Waals surface area contributed by atoms with E-state index >= 15 is 0 Å². The minimum atomic E-state index is -0.666. The summed E-state index contributed by atoms with van der Waals surface area (Å²) in [4.78, 5) is 4.34. The molecule has 1 fully saturated rings. The molecular formula is C17H27NO. The van der Waals surface area contributed by atoms with Gasteiger partial charge in [-0.1, -0.05) is 26.8 Å². The van der Waals surface area contributed by atoms with Gasteiger partial charge in [0.15, 0.2) is 0 Å². The topological polar surface area (TPSA) is 33.1 Å². The predicted octanol–water partition coefficient (Wildman–Crippen LogP) is 4.20. The molecule has 1 heterocycles. The van der Waals surface area contributed by atoms with Gasteiger partial charge in [0.1, 0.15) is 0 Å². The molecule has 0 amide bonds. The first-order chi connectivity index (χ1) is 8.81. The van der Waals surface area contributed by atoms with Crippen molar-refractivity contribution >= 4 is 0 Å². The smallest absolute Gasteiger partial charge is 0.0911 e. The van der Waals surface area contributed by atoms with Crippen molar-refractivity contribution in [3.05, 3.63) is 29.6 Å². The Bertz CT molecular complexity index is 418. The van der Waals surface area contributed by atoms with E-state index in [1.807, 2.05) is 25.3 Å². The van der Waals surface area contributed by atoms with E-state index in [0.29, 0.717) is 11.3 Å². The third kappa shape index (κ3) is 3.36. The Morgan fingerprint density at radius 2 is 1.95 bits per heavy atom. The molecule has 2 heteroatoms. The summed E-state index contributed by atoms with van der Waals surface area (Å²) in [7, 11) is 0. The van der Waals surface area contributed by atoms with Gasteiger partial charge in [0, 0.05) is 17.5 Å². The van der Waals surface area contributed by atoms with Crippen molar-refractivity contribution in [1.29, 1.82) is 0 Å². The van der Waals surface area contributed by atoms with Gasteiger partial charge in [-0.05, 0) is 56.4 Å². The normalized spacial score (nSPS) is 29.0. The van der Waals surface area contributed by atoms with Crippen molar-refractivity contribution in [1.82, 2.24) is 4.98 Å². The Kier molecular flexibility index (Phi) is 4.00. The maximum absolute atomic E-state index is 11.0. The Balaban J connectivity index is 2.15. The van der Waals surface area contributed by atoms with Crippen LogP contribution in [-0.4, -0.2) is 10.1 Å². The molecule has 19 heavy (non-hydrogen) atoms. The maximum Gasteiger partial charge on any atom is 0.0911 e. The van der Waals surface area contributed by atoms with E-state index in [1.165, 1.54) is 6.42 Å². The van der Waals surface area contributed by atoms with E-state index in [2.05, 4.69) is 25.8 Å². The average molecular weight is 261 g/mol. The Hall–Kier alpha value is -0.890. The molecule has 1 aliphatic carbocycles. The highest BCUT2D eigenvalue weighted by molar-refractivity contribution is 5.21. The zero-order valence-corrected chi connectivity index (χ0v) is 12.7. The Morgan fingerprint density at radius 3 is 2.53 bits per heavy atom. The summed E-state index contributed by atoms with van der Waals surface area (Å²) in [6.07, 6.45) is 7.02. The summed E-state index contributed by atoms with van der Waals surface area (Å²) < 4.78 is 0. The predicted molar refractivity (Wildman–Crippen MR) is 78.9 cm³/mol. The molecule has 106 valence electrons. The van der Waals surface area contributed by atoms with Crippen LogP contribution in [0.3, 0.4) is 0 Å². The van der Waals surface area contributed by atoms with Crippen LogP contribution < -0.4 is 0 Å². The molecule has 1 aliphatic rings. The summed E-state index contributed by atoms with van der Waals surface area (Å²) in [6, 6.07) is 4.04. The van der Waals surface area contributed by atoms with E-state index in [1.54, 1.807) is 0 Å². The molecule has 2 unspecified atom stereocenters. The maximum atomic E-state index is 11.0. The molecule has 0 bridgehead atoms. The van der Waals surface area contributed by atoms with Crippen molar-refractivity contribution in [2.24, 2.45) is 11.3 Å². The van der Waals surface area contributed by atoms with E-state index in [0.717, 1.165) is 36.9 Å². The number of rotatable bonds is 1. The number of aryl methyl sites for hydroxylation is 1. The van der Waals surface area contributed by atoms with E-state index in [4.69, 9.17) is 0 Å². The van der Waals surface area contributed by atoms with Crippen molar-refractivity contribution < 1.29 is 5.11 Å². The fraction of sp³-hybridized carbons (Fsp3) is 0.706. The van der Waals surface area contributed by atoms with Crippen LogP contribution in [0.5, 0.6) is 0 Å². The fourth-order valence-corrected chi connectivity index (χ4v) is 3.22. The first-order valence-corrected chi connectivity index (χ1v) is 7.47. The highest BCUT2D eigenvalue weighted by Gasteiger charge is 2.35. The van der Waals surface area contributed by atoms with Gasteiger partial charge in [-0.25, -0.2) is 0 Å². The van der Waals surface area contributed by atoms with E-state index in [9.17, 15) is 5.11 Å². The van der Waals surface area contributed by atoms with Crippen LogP contribution in [0, 0.1) is 18.3 Å². The largest absolute Gasteiger partial charge is 0.385 e. The second kappa shape index (κ2) is 5.24. The molecular weight excluding hydrogens is 234 g/mol. The number of hydrogen-bond donors (Lipinski definition) is 1. The fourth-order valence-electron chi connectivity index (χ4n) is 3.22. The summed E-state index contributed by atoms with van der Waals surface area (Å²) in [6.45, 7) is 8.93. The molecule has 0 radical (unpaired) electrons. The van der Waals surface area contributed by atoms with E-state index < -0.39 is 5.60 Å². The standard InChI is InChI=1S/C17H27NO/c1-13-7-8-15(12-18-13)17(19)10-5-6-14(9-11-17)16(2,3)4/h7-8,12,14,19H,5-6,9-11H2,1-4H3. The lowest BCUT2D eigenvalue weighted by Gasteiger charge is -2.31. The van der Waals surface area contributed by atoms with Gasteiger partial charge in [-0.15, -0.1) is 0 Å². The minimum Gasteiger partial charge on any atom is -0.385 e. The number of nitrogens with zero attached hydrogens (tertiary/aromatic N) is 1. The number of aromatic nitrogens is 1. The van der Waals surface area contributed by atoms with Crippen molar-refractivity contribution in [2.45, 2.75) is 65.4 Å². The first-order valence-electron chi connectivity index (χ1n) is 7.47. The lowest BCUT2D eigenvalue weighted by molar-refractivity contribution is 0.0176. The van der Waals surface area contributed by atoms with E-state index in [-0.39, 0.29) is 0 Å². The minimum absolute atomic E-state index is 0.344. The molecule has 1 saturated carbocycles. The van der Waals surface area contributed by atoms with Gasteiger partial charge >= 0.3 is 0 Å². The van der Waals surface area contributed by atoms with Gasteiger partial charge in [0.05, 0.1) is 5.60 Å². The van der Waals surface area contributed by atoms with Crippen LogP contribution in [0.15, 0.2) is 18.3 Å². The monoisotopic (exact) mass is 261 g/mol. The summed E-state index contributed by atoms with van der Waals surface area (Å²) in [5.41, 5.74) is 1.68. The summed E-state index contributed by atoms with van der Waals surface area (Å²) >= 11 is 0. The van der Waals surface area contributed by atoms with Gasteiger partial charge in [-0.3, -0.25) is 4.98 Å². The molecule has 2 rings (SSSR count). The molecule has 1 N–H and O–H groups in total. The Morgan fingerprint density at radius 1 is 1.21 bits per heavy atom. The lowest BCUT2D eigenvalue weighted by atomic mass is 9.76. The highest BCUT2D eigenvalue weighted by atomic mass is 16.3. The third-order valence-electron chi connectivity index (χ3n) is 4.72. The zero-order chi connectivity index (χ0) is 14.1. The van der Waals surface area contributed by atoms with Crippen LogP contribution in [0.4, 0.5) is 0 Å². The molecule has 1 aromatic rings. The summed E-state index contributed by atoms with van der Waals surface area (Å²) in [5.74, 6) is 0.708. The van der Waals surface area contributed by atoms with Gasteiger partial charge < -0.3 is 5.11 Å². The van der Waals surface area contributed by atoms with Crippen molar-refractivity contribution in [3.63, 3.8) is 0 Å². The van der Waals surface area contributed by atoms with Crippen LogP contribution >= 0.6 is 0 Å². The first kappa shape index (κ1) is 14.5.